The average Bonchev–Trinajstić information content (AvgIpc) is 3.24. The number of carbonyl (C=O) groups is 1. The second-order valence-corrected chi connectivity index (χ2v) is 16.1. The minimum absolute atomic E-state index is 0.0110. The van der Waals surface area contributed by atoms with Crippen LogP contribution in [0.1, 0.15) is 155 Å². The highest BCUT2D eigenvalue weighted by Crippen LogP contribution is 2.43. The van der Waals surface area contributed by atoms with E-state index < -0.39 is 45.8 Å². The molecule has 0 spiro atoms. The fourth-order valence-electron chi connectivity index (χ4n) is 5.49. The predicted molar refractivity (Wildman–Crippen MR) is 251 cm³/mol. The molecule has 0 aromatic heterocycles. The number of hydrogen-bond acceptors (Lipinski definition) is 8. The molecule has 0 rings (SSSR count). The number of rotatable bonds is 42. The van der Waals surface area contributed by atoms with Gasteiger partial charge in [-0.3, -0.25) is 13.8 Å². The number of esters is 1. The molecule has 60 heavy (non-hydrogen) atoms. The monoisotopic (exact) mass is 859 g/mol. The Hall–Kier alpha value is -2.88. The first-order valence-electron chi connectivity index (χ1n) is 22.9. The van der Waals surface area contributed by atoms with Gasteiger partial charge in [0.25, 0.3) is 0 Å². The topological polar surface area (TPSA) is 132 Å². The summed E-state index contributed by atoms with van der Waals surface area (Å²) in [5, 5.41) is 18.4. The van der Waals surface area contributed by atoms with E-state index in [1.54, 1.807) is 0 Å². The van der Waals surface area contributed by atoms with Gasteiger partial charge in [0, 0.05) is 13.0 Å². The number of aliphatic hydroxyl groups is 2. The number of phosphoric acid groups is 1. The fourth-order valence-corrected chi connectivity index (χ4v) is 6.28. The summed E-state index contributed by atoms with van der Waals surface area (Å²) in [5.74, 6) is -0.448. The van der Waals surface area contributed by atoms with Gasteiger partial charge < -0.3 is 24.6 Å². The highest BCUT2D eigenvalue weighted by atomic mass is 31.2. The third kappa shape index (κ3) is 44.7. The first kappa shape index (κ1) is 57.1. The highest BCUT2D eigenvalue weighted by Gasteiger charge is 2.26. The number of aliphatic hydroxyl groups excluding tert-OH is 2. The van der Waals surface area contributed by atoms with E-state index in [4.69, 9.17) is 23.6 Å². The summed E-state index contributed by atoms with van der Waals surface area (Å²) < 4.78 is 33.3. The van der Waals surface area contributed by atoms with E-state index in [1.165, 1.54) is 44.9 Å². The maximum absolute atomic E-state index is 12.6. The molecule has 0 heterocycles. The zero-order valence-corrected chi connectivity index (χ0v) is 38.3. The molecule has 0 aliphatic heterocycles. The maximum atomic E-state index is 12.6. The Kier molecular flexibility index (Phi) is 43.5. The van der Waals surface area contributed by atoms with Crippen molar-refractivity contribution in [1.29, 1.82) is 0 Å². The van der Waals surface area contributed by atoms with Crippen molar-refractivity contribution in [2.45, 2.75) is 167 Å². The van der Waals surface area contributed by atoms with Crippen molar-refractivity contribution in [2.24, 2.45) is 0 Å². The zero-order valence-electron chi connectivity index (χ0n) is 37.4. The number of hydrogen-bond donors (Lipinski definition) is 3. The first-order chi connectivity index (χ1) is 29.3. The molecule has 0 amide bonds. The fraction of sp³-hybridized carbons (Fsp3) is 0.620. The lowest BCUT2D eigenvalue weighted by molar-refractivity contribution is -0.154. The molecule has 3 unspecified atom stereocenters. The van der Waals surface area contributed by atoms with Crippen LogP contribution in [-0.2, 0) is 27.9 Å². The predicted octanol–water partition coefficient (Wildman–Crippen LogP) is 13.0. The minimum Gasteiger partial charge on any atom is -0.457 e. The van der Waals surface area contributed by atoms with E-state index in [2.05, 4.69) is 117 Å². The van der Waals surface area contributed by atoms with Crippen molar-refractivity contribution in [2.75, 3.05) is 33.0 Å². The Morgan fingerprint density at radius 2 is 0.950 bits per heavy atom. The normalized spacial score (nSPS) is 14.9. The molecule has 0 radical (unpaired) electrons. The summed E-state index contributed by atoms with van der Waals surface area (Å²) in [4.78, 5) is 22.6. The number of unbranched alkanes of at least 4 members (excludes halogenated alkanes) is 10. The Bertz CT molecular complexity index is 1290. The molecular weight excluding hydrogens is 776 g/mol. The third-order valence-electron chi connectivity index (χ3n) is 8.94. The Morgan fingerprint density at radius 1 is 0.533 bits per heavy atom. The first-order valence-corrected chi connectivity index (χ1v) is 24.4. The molecule has 0 fully saturated rings. The Balaban J connectivity index is 4.32. The van der Waals surface area contributed by atoms with Crippen LogP contribution in [0.3, 0.4) is 0 Å². The van der Waals surface area contributed by atoms with Gasteiger partial charge in [-0.15, -0.1) is 0 Å². The van der Waals surface area contributed by atoms with Crippen molar-refractivity contribution >= 4 is 13.8 Å². The molecule has 0 aromatic carbocycles. The van der Waals surface area contributed by atoms with Crippen LogP contribution in [-0.4, -0.2) is 66.3 Å². The lowest BCUT2D eigenvalue weighted by Gasteiger charge is -2.20. The molecule has 0 saturated heterocycles. The summed E-state index contributed by atoms with van der Waals surface area (Å²) in [6.45, 7) is 3.24. The van der Waals surface area contributed by atoms with Crippen LogP contribution in [0.15, 0.2) is 109 Å². The number of carbonyl (C=O) groups excluding carboxylic acids is 1. The average molecular weight is 859 g/mol. The largest absolute Gasteiger partial charge is 0.472 e. The molecule has 0 saturated carbocycles. The van der Waals surface area contributed by atoms with E-state index in [0.717, 1.165) is 83.5 Å². The van der Waals surface area contributed by atoms with Gasteiger partial charge in [0.2, 0.25) is 0 Å². The number of phosphoric ester groups is 1. The molecule has 0 bridgehead atoms. The van der Waals surface area contributed by atoms with Crippen LogP contribution in [0.5, 0.6) is 0 Å². The van der Waals surface area contributed by atoms with Gasteiger partial charge in [0.05, 0.1) is 26.4 Å². The molecule has 9 nitrogen and oxygen atoms in total. The summed E-state index contributed by atoms with van der Waals surface area (Å²) in [7, 11) is -4.55. The van der Waals surface area contributed by atoms with Gasteiger partial charge in [-0.25, -0.2) is 4.57 Å². The van der Waals surface area contributed by atoms with Gasteiger partial charge in [-0.1, -0.05) is 162 Å². The molecule has 3 N–H and O–H groups in total. The lowest BCUT2D eigenvalue weighted by Crippen LogP contribution is -2.29. The van der Waals surface area contributed by atoms with Crippen molar-refractivity contribution in [3.63, 3.8) is 0 Å². The van der Waals surface area contributed by atoms with E-state index in [9.17, 15) is 19.4 Å². The van der Waals surface area contributed by atoms with Crippen LogP contribution in [0.2, 0.25) is 0 Å². The van der Waals surface area contributed by atoms with Crippen molar-refractivity contribution in [3.8, 4) is 0 Å². The van der Waals surface area contributed by atoms with E-state index in [1.807, 2.05) is 6.08 Å². The molecule has 0 aromatic rings. The molecule has 0 aliphatic rings. The molecule has 342 valence electrons. The second-order valence-electron chi connectivity index (χ2n) is 14.7. The van der Waals surface area contributed by atoms with Crippen LogP contribution in [0.25, 0.3) is 0 Å². The number of allylic oxidation sites excluding steroid dienone is 18. The molecule has 3 atom stereocenters. The molecule has 0 aliphatic carbocycles. The van der Waals surface area contributed by atoms with Gasteiger partial charge in [-0.2, -0.15) is 0 Å². The summed E-state index contributed by atoms with van der Waals surface area (Å²) in [6, 6.07) is 0. The van der Waals surface area contributed by atoms with Crippen molar-refractivity contribution in [3.05, 3.63) is 109 Å². The van der Waals surface area contributed by atoms with Crippen molar-refractivity contribution in [1.82, 2.24) is 0 Å². The maximum Gasteiger partial charge on any atom is 0.472 e. The minimum atomic E-state index is -4.55. The van der Waals surface area contributed by atoms with Gasteiger partial charge in [0.15, 0.2) is 0 Å². The highest BCUT2D eigenvalue weighted by molar-refractivity contribution is 7.47. The van der Waals surface area contributed by atoms with E-state index in [-0.39, 0.29) is 13.0 Å². The molecule has 10 heteroatoms. The van der Waals surface area contributed by atoms with E-state index in [0.29, 0.717) is 13.0 Å². The van der Waals surface area contributed by atoms with Gasteiger partial charge in [-0.05, 0) is 96.3 Å². The van der Waals surface area contributed by atoms with Crippen LogP contribution < -0.4 is 0 Å². The van der Waals surface area contributed by atoms with Gasteiger partial charge >= 0.3 is 13.8 Å². The smallest absolute Gasteiger partial charge is 0.457 e. The SMILES string of the molecule is CC/C=C\C/C=C\C/C=C\C/C=C\C/C=C\C/C=C\C/C=C\CCCC(=O)OC(COCCCCCCCC/C=C\C/C=C\CCCCC)COP(=O)(O)OCC(O)CO. The third-order valence-corrected chi connectivity index (χ3v) is 9.89. The second kappa shape index (κ2) is 45.6. The lowest BCUT2D eigenvalue weighted by atomic mass is 10.1. The van der Waals surface area contributed by atoms with E-state index >= 15 is 0 Å². The van der Waals surface area contributed by atoms with Gasteiger partial charge in [0.1, 0.15) is 12.2 Å². The Morgan fingerprint density at radius 3 is 1.43 bits per heavy atom. The van der Waals surface area contributed by atoms with Crippen LogP contribution in [0.4, 0.5) is 0 Å². The summed E-state index contributed by atoms with van der Waals surface area (Å²) in [6.07, 6.45) is 59.1. The zero-order chi connectivity index (χ0) is 43.9. The summed E-state index contributed by atoms with van der Waals surface area (Å²) in [5.41, 5.74) is 0. The molecular formula is C50H83O9P. The quantitative estimate of drug-likeness (QED) is 0.0238. The Labute approximate surface area is 365 Å². The van der Waals surface area contributed by atoms with Crippen LogP contribution >= 0.6 is 7.82 Å². The van der Waals surface area contributed by atoms with Crippen LogP contribution in [0, 0.1) is 0 Å². The summed E-state index contributed by atoms with van der Waals surface area (Å²) >= 11 is 0. The standard InChI is InChI=1S/C50H83O9P/c1-3-5-7-9-11-13-15-17-19-21-22-23-24-25-26-27-28-30-32-34-36-38-40-42-50(53)59-49(47-58-60(54,55)57-45-48(52)44-51)46-56-43-41-39-37-35-33-31-29-20-18-16-14-12-10-8-6-4-2/h5,7,11-14,17-20,22-23,25-26,28,30,34,36,48-49,51-52H,3-4,6,8-10,15-16,21,24,27,29,31-33,35,37-47H2,1-2H3,(H,54,55)/b7-5-,13-11-,14-12-,19-17-,20-18-,23-22-,26-25-,30-28-,36-34-. The van der Waals surface area contributed by atoms with Crippen molar-refractivity contribution < 1.29 is 43.0 Å². The number of ether oxygens (including phenoxy) is 2.